The van der Waals surface area contributed by atoms with Crippen molar-refractivity contribution in [2.75, 3.05) is 26.8 Å². The first-order chi connectivity index (χ1) is 9.22. The first-order valence-corrected chi connectivity index (χ1v) is 6.91. The SMILES string of the molecule is COc1ccc(C(CN)NCCCCCO)cc1C. The van der Waals surface area contributed by atoms with E-state index in [4.69, 9.17) is 15.6 Å². The summed E-state index contributed by atoms with van der Waals surface area (Å²) < 4.78 is 5.26. The van der Waals surface area contributed by atoms with Crippen molar-refractivity contribution in [2.45, 2.75) is 32.2 Å². The van der Waals surface area contributed by atoms with Gasteiger partial charge in [-0.3, -0.25) is 0 Å². The summed E-state index contributed by atoms with van der Waals surface area (Å²) in [5.74, 6) is 0.905. The van der Waals surface area contributed by atoms with E-state index in [1.54, 1.807) is 7.11 Å². The van der Waals surface area contributed by atoms with Crippen molar-refractivity contribution in [1.29, 1.82) is 0 Å². The number of ether oxygens (including phenoxy) is 1. The number of hydrogen-bond donors (Lipinski definition) is 3. The van der Waals surface area contributed by atoms with E-state index in [1.165, 1.54) is 5.56 Å². The third-order valence-electron chi connectivity index (χ3n) is 3.28. The Morgan fingerprint density at radius 1 is 1.32 bits per heavy atom. The fraction of sp³-hybridized carbons (Fsp3) is 0.600. The number of aliphatic hydroxyl groups excluding tert-OH is 1. The van der Waals surface area contributed by atoms with Crippen LogP contribution in [0.15, 0.2) is 18.2 Å². The summed E-state index contributed by atoms with van der Waals surface area (Å²) in [5.41, 5.74) is 8.16. The van der Waals surface area contributed by atoms with Gasteiger partial charge in [0.2, 0.25) is 0 Å². The van der Waals surface area contributed by atoms with E-state index in [0.717, 1.165) is 37.1 Å². The highest BCUT2D eigenvalue weighted by Gasteiger charge is 2.10. The number of aryl methyl sites for hydroxylation is 1. The summed E-state index contributed by atoms with van der Waals surface area (Å²) >= 11 is 0. The molecule has 19 heavy (non-hydrogen) atoms. The summed E-state index contributed by atoms with van der Waals surface area (Å²) in [6.45, 7) is 3.81. The number of rotatable bonds is 9. The van der Waals surface area contributed by atoms with Crippen molar-refractivity contribution >= 4 is 0 Å². The zero-order valence-corrected chi connectivity index (χ0v) is 12.0. The zero-order chi connectivity index (χ0) is 14.1. The van der Waals surface area contributed by atoms with Crippen molar-refractivity contribution in [3.63, 3.8) is 0 Å². The first kappa shape index (κ1) is 16.0. The van der Waals surface area contributed by atoms with Crippen LogP contribution < -0.4 is 15.8 Å². The van der Waals surface area contributed by atoms with Crippen LogP contribution in [0.5, 0.6) is 5.75 Å². The Bertz CT molecular complexity index is 369. The molecule has 0 amide bonds. The van der Waals surface area contributed by atoms with Crippen molar-refractivity contribution in [1.82, 2.24) is 5.32 Å². The minimum atomic E-state index is 0.179. The van der Waals surface area contributed by atoms with Crippen LogP contribution in [0.25, 0.3) is 0 Å². The van der Waals surface area contributed by atoms with Gasteiger partial charge in [-0.2, -0.15) is 0 Å². The highest BCUT2D eigenvalue weighted by atomic mass is 16.5. The summed E-state index contributed by atoms with van der Waals surface area (Å²) in [6, 6.07) is 6.35. The van der Waals surface area contributed by atoms with Crippen molar-refractivity contribution in [3.05, 3.63) is 29.3 Å². The van der Waals surface area contributed by atoms with E-state index < -0.39 is 0 Å². The maximum atomic E-state index is 8.73. The normalized spacial score (nSPS) is 12.4. The third kappa shape index (κ3) is 5.19. The lowest BCUT2D eigenvalue weighted by Crippen LogP contribution is -2.29. The number of hydrogen-bond acceptors (Lipinski definition) is 4. The van der Waals surface area contributed by atoms with Crippen LogP contribution >= 0.6 is 0 Å². The quantitative estimate of drug-likeness (QED) is 0.596. The minimum absolute atomic E-state index is 0.179. The third-order valence-corrected chi connectivity index (χ3v) is 3.28. The molecule has 0 heterocycles. The topological polar surface area (TPSA) is 67.5 Å². The van der Waals surface area contributed by atoms with Crippen molar-refractivity contribution in [2.24, 2.45) is 5.73 Å². The predicted octanol–water partition coefficient (Wildman–Crippen LogP) is 1.76. The lowest BCUT2D eigenvalue weighted by Gasteiger charge is -2.18. The van der Waals surface area contributed by atoms with Gasteiger partial charge in [0, 0.05) is 19.2 Å². The van der Waals surface area contributed by atoms with E-state index >= 15 is 0 Å². The fourth-order valence-electron chi connectivity index (χ4n) is 2.15. The largest absolute Gasteiger partial charge is 0.496 e. The minimum Gasteiger partial charge on any atom is -0.496 e. The molecule has 1 rings (SSSR count). The predicted molar refractivity (Wildman–Crippen MR) is 78.5 cm³/mol. The number of nitrogens with two attached hydrogens (primary N) is 1. The Kier molecular flexibility index (Phi) is 7.48. The van der Waals surface area contributed by atoms with E-state index in [1.807, 2.05) is 13.0 Å². The summed E-state index contributed by atoms with van der Waals surface area (Å²) in [6.07, 6.45) is 2.98. The molecule has 0 bridgehead atoms. The van der Waals surface area contributed by atoms with E-state index in [-0.39, 0.29) is 12.6 Å². The van der Waals surface area contributed by atoms with E-state index in [9.17, 15) is 0 Å². The van der Waals surface area contributed by atoms with Crippen LogP contribution in [0.2, 0.25) is 0 Å². The Hall–Kier alpha value is -1.10. The molecular weight excluding hydrogens is 240 g/mol. The molecule has 0 aromatic heterocycles. The molecule has 0 spiro atoms. The van der Waals surface area contributed by atoms with Gasteiger partial charge in [-0.05, 0) is 49.9 Å². The standard InChI is InChI=1S/C15H26N2O2/c1-12-10-13(6-7-15(12)19-2)14(11-16)17-8-4-3-5-9-18/h6-7,10,14,17-18H,3-5,8-9,11,16H2,1-2H3. The smallest absolute Gasteiger partial charge is 0.121 e. The Labute approximate surface area is 116 Å². The molecule has 4 nitrogen and oxygen atoms in total. The monoisotopic (exact) mass is 266 g/mol. The van der Waals surface area contributed by atoms with Gasteiger partial charge in [0.1, 0.15) is 5.75 Å². The summed E-state index contributed by atoms with van der Waals surface area (Å²) in [5, 5.41) is 12.2. The fourth-order valence-corrected chi connectivity index (χ4v) is 2.15. The molecule has 108 valence electrons. The van der Waals surface area contributed by atoms with Gasteiger partial charge in [-0.1, -0.05) is 12.1 Å². The van der Waals surface area contributed by atoms with E-state index in [0.29, 0.717) is 6.54 Å². The molecule has 0 fully saturated rings. The molecule has 0 saturated carbocycles. The number of unbranched alkanes of at least 4 members (excludes halogenated alkanes) is 2. The molecule has 1 aromatic rings. The maximum absolute atomic E-state index is 8.73. The molecule has 4 heteroatoms. The van der Waals surface area contributed by atoms with Gasteiger partial charge in [0.25, 0.3) is 0 Å². The van der Waals surface area contributed by atoms with Crippen molar-refractivity contribution in [3.8, 4) is 5.75 Å². The van der Waals surface area contributed by atoms with Crippen LogP contribution in [0.1, 0.15) is 36.4 Å². The number of benzene rings is 1. The Morgan fingerprint density at radius 3 is 2.68 bits per heavy atom. The lowest BCUT2D eigenvalue weighted by molar-refractivity contribution is 0.282. The molecule has 0 radical (unpaired) electrons. The van der Waals surface area contributed by atoms with Crippen LogP contribution in [-0.2, 0) is 0 Å². The van der Waals surface area contributed by atoms with Gasteiger partial charge >= 0.3 is 0 Å². The van der Waals surface area contributed by atoms with E-state index in [2.05, 4.69) is 17.4 Å². The van der Waals surface area contributed by atoms with Crippen LogP contribution in [0.4, 0.5) is 0 Å². The lowest BCUT2D eigenvalue weighted by atomic mass is 10.0. The first-order valence-electron chi connectivity index (χ1n) is 6.91. The van der Waals surface area contributed by atoms with Gasteiger partial charge in [0.05, 0.1) is 7.11 Å². The number of nitrogens with one attached hydrogen (secondary N) is 1. The molecule has 0 aliphatic heterocycles. The molecule has 1 atom stereocenters. The average Bonchev–Trinajstić information content (AvgIpc) is 2.43. The second-order valence-electron chi connectivity index (χ2n) is 4.76. The molecule has 0 aliphatic rings. The average molecular weight is 266 g/mol. The van der Waals surface area contributed by atoms with Crippen molar-refractivity contribution < 1.29 is 9.84 Å². The molecule has 4 N–H and O–H groups in total. The number of methoxy groups -OCH3 is 1. The Balaban J connectivity index is 2.52. The van der Waals surface area contributed by atoms with Gasteiger partial charge in [-0.15, -0.1) is 0 Å². The van der Waals surface area contributed by atoms with Crippen LogP contribution in [0, 0.1) is 6.92 Å². The molecular formula is C15H26N2O2. The van der Waals surface area contributed by atoms with Gasteiger partial charge in [-0.25, -0.2) is 0 Å². The zero-order valence-electron chi connectivity index (χ0n) is 12.0. The van der Waals surface area contributed by atoms with Gasteiger partial charge < -0.3 is 20.9 Å². The summed E-state index contributed by atoms with van der Waals surface area (Å²) in [7, 11) is 1.68. The summed E-state index contributed by atoms with van der Waals surface area (Å²) in [4.78, 5) is 0. The van der Waals surface area contributed by atoms with Crippen LogP contribution in [-0.4, -0.2) is 31.9 Å². The molecule has 0 aliphatic carbocycles. The molecule has 1 unspecified atom stereocenters. The maximum Gasteiger partial charge on any atom is 0.121 e. The molecule has 0 saturated heterocycles. The highest BCUT2D eigenvalue weighted by molar-refractivity contribution is 5.37. The van der Waals surface area contributed by atoms with Gasteiger partial charge in [0.15, 0.2) is 0 Å². The molecule has 1 aromatic carbocycles. The Morgan fingerprint density at radius 2 is 2.11 bits per heavy atom. The second-order valence-corrected chi connectivity index (χ2v) is 4.76. The van der Waals surface area contributed by atoms with Crippen LogP contribution in [0.3, 0.4) is 0 Å². The number of aliphatic hydroxyl groups is 1. The highest BCUT2D eigenvalue weighted by Crippen LogP contribution is 2.22. The second kappa shape index (κ2) is 8.91.